The fourth-order valence-electron chi connectivity index (χ4n) is 4.90. The summed E-state index contributed by atoms with van der Waals surface area (Å²) in [7, 11) is 0. The quantitative estimate of drug-likeness (QED) is 0.439. The van der Waals surface area contributed by atoms with Gasteiger partial charge in [0, 0.05) is 41.7 Å². The van der Waals surface area contributed by atoms with Gasteiger partial charge in [-0.05, 0) is 55.7 Å². The summed E-state index contributed by atoms with van der Waals surface area (Å²) in [6.07, 6.45) is 2.56. The Bertz CT molecular complexity index is 1390. The number of likely N-dealkylation sites (tertiary alicyclic amines) is 1. The fourth-order valence-corrected chi connectivity index (χ4v) is 4.90. The molecule has 1 fully saturated rings. The summed E-state index contributed by atoms with van der Waals surface area (Å²) >= 11 is 0. The maximum atomic E-state index is 13.2. The highest BCUT2D eigenvalue weighted by Gasteiger charge is 2.38. The van der Waals surface area contributed by atoms with Gasteiger partial charge in [-0.2, -0.15) is 0 Å². The second kappa shape index (κ2) is 10.2. The molecule has 0 aliphatic carbocycles. The topological polar surface area (TPSA) is 107 Å². The van der Waals surface area contributed by atoms with E-state index in [0.29, 0.717) is 55.1 Å². The number of nitrogens with one attached hydrogen (secondary N) is 2. The van der Waals surface area contributed by atoms with E-state index in [2.05, 4.69) is 17.3 Å². The molecule has 3 aromatic rings. The summed E-state index contributed by atoms with van der Waals surface area (Å²) in [5.41, 5.74) is 5.99. The van der Waals surface area contributed by atoms with Crippen LogP contribution in [0.2, 0.25) is 0 Å². The lowest BCUT2D eigenvalue weighted by Gasteiger charge is -2.42. The van der Waals surface area contributed by atoms with Gasteiger partial charge in [-0.15, -0.1) is 0 Å². The van der Waals surface area contributed by atoms with Gasteiger partial charge >= 0.3 is 0 Å². The van der Waals surface area contributed by atoms with Crippen molar-refractivity contribution in [2.75, 3.05) is 37.0 Å². The number of para-hydroxylation sites is 1. The van der Waals surface area contributed by atoms with E-state index in [-0.39, 0.29) is 24.3 Å². The molecule has 0 spiro atoms. The van der Waals surface area contributed by atoms with E-state index < -0.39 is 5.60 Å². The van der Waals surface area contributed by atoms with E-state index in [0.717, 1.165) is 11.1 Å². The first-order valence-electron chi connectivity index (χ1n) is 12.6. The van der Waals surface area contributed by atoms with Crippen molar-refractivity contribution in [3.63, 3.8) is 0 Å². The van der Waals surface area contributed by atoms with Crippen molar-refractivity contribution in [1.29, 1.82) is 0 Å². The number of carbonyl (C=O) groups is 3. The minimum absolute atomic E-state index is 0.101. The van der Waals surface area contributed by atoms with Crippen molar-refractivity contribution in [3.05, 3.63) is 90.3 Å². The molecule has 0 atom stereocenters. The first-order valence-corrected chi connectivity index (χ1v) is 12.6. The summed E-state index contributed by atoms with van der Waals surface area (Å²) in [4.78, 5) is 41.4. The average Bonchev–Trinajstić information content (AvgIpc) is 3.41. The van der Waals surface area contributed by atoms with Gasteiger partial charge in [-0.25, -0.2) is 0 Å². The number of β-amino-alcohol motifs (C(OH)–C–C–N with tert-alkyl or cyclic N) is 1. The zero-order valence-electron chi connectivity index (χ0n) is 21.3. The van der Waals surface area contributed by atoms with Crippen molar-refractivity contribution in [1.82, 2.24) is 14.5 Å². The maximum Gasteiger partial charge on any atom is 0.273 e. The van der Waals surface area contributed by atoms with Crippen LogP contribution in [-0.2, 0) is 4.79 Å². The average molecular weight is 514 g/mol. The van der Waals surface area contributed by atoms with Gasteiger partial charge in [0.15, 0.2) is 0 Å². The lowest BCUT2D eigenvalue weighted by molar-refractivity contribution is -0.112. The van der Waals surface area contributed by atoms with Crippen LogP contribution < -0.4 is 10.7 Å². The monoisotopic (exact) mass is 513 g/mol. The van der Waals surface area contributed by atoms with E-state index in [4.69, 9.17) is 0 Å². The van der Waals surface area contributed by atoms with Crippen LogP contribution in [0.3, 0.4) is 0 Å². The van der Waals surface area contributed by atoms with Gasteiger partial charge in [0.1, 0.15) is 12.4 Å². The molecule has 9 nitrogen and oxygen atoms in total. The third-order valence-corrected chi connectivity index (χ3v) is 7.16. The molecule has 1 saturated heterocycles. The lowest BCUT2D eigenvalue weighted by Crippen LogP contribution is -2.56. The number of fused-ring (bicyclic) bond motifs is 1. The molecule has 2 aliphatic rings. The summed E-state index contributed by atoms with van der Waals surface area (Å²) in [6, 6.07) is 18.3. The molecule has 1 aromatic heterocycles. The number of anilines is 1. The summed E-state index contributed by atoms with van der Waals surface area (Å²) in [6.45, 7) is 6.67. The highest BCUT2D eigenvalue weighted by atomic mass is 16.3. The minimum atomic E-state index is -1.05. The molecule has 0 radical (unpaired) electrons. The Morgan fingerprint density at radius 3 is 2.47 bits per heavy atom. The number of hydrogen-bond acceptors (Lipinski definition) is 5. The summed E-state index contributed by atoms with van der Waals surface area (Å²) in [5, 5.41) is 14.1. The van der Waals surface area contributed by atoms with Gasteiger partial charge in [0.05, 0.1) is 12.1 Å². The van der Waals surface area contributed by atoms with E-state index in [1.165, 1.54) is 0 Å². The highest BCUT2D eigenvalue weighted by molar-refractivity contribution is 6.05. The van der Waals surface area contributed by atoms with E-state index in [1.807, 2.05) is 36.4 Å². The molecule has 3 heterocycles. The molecule has 0 unspecified atom stereocenters. The maximum absolute atomic E-state index is 13.2. The van der Waals surface area contributed by atoms with Crippen molar-refractivity contribution < 1.29 is 19.5 Å². The lowest BCUT2D eigenvalue weighted by atomic mass is 9.90. The molecule has 5 rings (SSSR count). The number of amides is 3. The third-order valence-electron chi connectivity index (χ3n) is 7.16. The van der Waals surface area contributed by atoms with Crippen LogP contribution in [0.5, 0.6) is 0 Å². The van der Waals surface area contributed by atoms with Crippen LogP contribution in [0.25, 0.3) is 11.1 Å². The predicted octanol–water partition coefficient (Wildman–Crippen LogP) is 3.29. The first kappa shape index (κ1) is 25.3. The molecule has 3 N–H and O–H groups in total. The number of aliphatic hydroxyl groups is 1. The van der Waals surface area contributed by atoms with Crippen LogP contribution >= 0.6 is 0 Å². The smallest absolute Gasteiger partial charge is 0.273 e. The number of nitrogens with zero attached hydrogens (tertiary/aromatic N) is 3. The van der Waals surface area contributed by atoms with Crippen molar-refractivity contribution >= 4 is 23.4 Å². The molecule has 9 heteroatoms. The normalized spacial score (nSPS) is 16.4. The molecule has 0 bridgehead atoms. The van der Waals surface area contributed by atoms with Crippen molar-refractivity contribution in [2.24, 2.45) is 0 Å². The molecule has 0 saturated carbocycles. The second-order valence-electron chi connectivity index (χ2n) is 9.96. The SMILES string of the molecule is C=C(C)C(=O)Nc1ccccc1-c1ccc(C(=O)N2CCC(O)(CN3CNn4cccc4C3=O)CC2)cc1. The number of carbonyl (C=O) groups excluding carboxylic acids is 3. The first-order chi connectivity index (χ1) is 18.2. The Labute approximate surface area is 221 Å². The van der Waals surface area contributed by atoms with Crippen molar-refractivity contribution in [2.45, 2.75) is 25.4 Å². The van der Waals surface area contributed by atoms with Crippen LogP contribution in [0.4, 0.5) is 5.69 Å². The van der Waals surface area contributed by atoms with Gasteiger partial charge < -0.3 is 25.6 Å². The Balaban J connectivity index is 1.21. The number of hydrogen-bond donors (Lipinski definition) is 3. The zero-order valence-corrected chi connectivity index (χ0v) is 21.3. The molecule has 3 amide bonds. The number of piperidine rings is 1. The summed E-state index contributed by atoms with van der Waals surface area (Å²) in [5.74, 6) is -0.470. The number of rotatable bonds is 6. The van der Waals surface area contributed by atoms with E-state index in [9.17, 15) is 19.5 Å². The fraction of sp³-hybridized carbons (Fsp3) is 0.276. The van der Waals surface area contributed by atoms with Crippen LogP contribution in [0.15, 0.2) is 79.0 Å². The Kier molecular flexibility index (Phi) is 6.77. The largest absolute Gasteiger partial charge is 0.388 e. The molecule has 196 valence electrons. The van der Waals surface area contributed by atoms with E-state index >= 15 is 0 Å². The minimum Gasteiger partial charge on any atom is -0.388 e. The van der Waals surface area contributed by atoms with Gasteiger partial charge in [0.2, 0.25) is 0 Å². The standard InChI is InChI=1S/C29H31N5O4/c1-20(2)26(35)31-24-7-4-3-6-23(24)21-9-11-22(12-10-21)27(36)32-16-13-29(38,14-17-32)18-33-19-30-34-15-5-8-25(34)28(33)37/h3-12,15,30,38H,1,13-14,16-19H2,2H3,(H,31,35). The zero-order chi connectivity index (χ0) is 26.9. The Morgan fingerprint density at radius 1 is 1.05 bits per heavy atom. The third kappa shape index (κ3) is 5.05. The predicted molar refractivity (Wildman–Crippen MR) is 145 cm³/mol. The van der Waals surface area contributed by atoms with Crippen LogP contribution in [-0.4, -0.2) is 69.2 Å². The number of aromatic nitrogens is 1. The van der Waals surface area contributed by atoms with Crippen LogP contribution in [0.1, 0.15) is 40.6 Å². The highest BCUT2D eigenvalue weighted by Crippen LogP contribution is 2.30. The van der Waals surface area contributed by atoms with Gasteiger partial charge in [-0.1, -0.05) is 36.9 Å². The van der Waals surface area contributed by atoms with Crippen LogP contribution in [0, 0.1) is 0 Å². The van der Waals surface area contributed by atoms with Gasteiger partial charge in [-0.3, -0.25) is 19.1 Å². The summed E-state index contributed by atoms with van der Waals surface area (Å²) < 4.78 is 1.69. The second-order valence-corrected chi connectivity index (χ2v) is 9.96. The molecule has 2 aromatic carbocycles. The molecule has 38 heavy (non-hydrogen) atoms. The van der Waals surface area contributed by atoms with E-state index in [1.54, 1.807) is 51.9 Å². The Morgan fingerprint density at radius 2 is 1.76 bits per heavy atom. The van der Waals surface area contributed by atoms with Crippen molar-refractivity contribution in [3.8, 4) is 11.1 Å². The molecule has 2 aliphatic heterocycles. The molecular formula is C29H31N5O4. The Hall–Kier alpha value is -4.37. The molecular weight excluding hydrogens is 482 g/mol. The van der Waals surface area contributed by atoms with Gasteiger partial charge in [0.25, 0.3) is 17.7 Å². The number of benzene rings is 2.